The highest BCUT2D eigenvalue weighted by atomic mass is 16.5. The number of rotatable bonds is 4. The fraction of sp³-hybridized carbons (Fsp3) is 0.562. The maximum absolute atomic E-state index is 11.9. The van der Waals surface area contributed by atoms with Crippen LogP contribution in [0.15, 0.2) is 18.2 Å². The summed E-state index contributed by atoms with van der Waals surface area (Å²) in [6, 6.07) is 5.91. The summed E-state index contributed by atoms with van der Waals surface area (Å²) in [5.41, 5.74) is 7.96. The van der Waals surface area contributed by atoms with Gasteiger partial charge in [0.2, 0.25) is 0 Å². The van der Waals surface area contributed by atoms with Crippen molar-refractivity contribution in [1.82, 2.24) is 0 Å². The number of nitrogen functional groups attached to an aromatic ring is 1. The van der Waals surface area contributed by atoms with E-state index in [-0.39, 0.29) is 11.4 Å². The second kappa shape index (κ2) is 5.73. The van der Waals surface area contributed by atoms with Crippen LogP contribution in [0.25, 0.3) is 0 Å². The first kappa shape index (κ1) is 14.7. The van der Waals surface area contributed by atoms with Crippen molar-refractivity contribution in [3.05, 3.63) is 23.8 Å². The number of benzene rings is 1. The molecule has 1 unspecified atom stereocenters. The number of hydrogen-bond acceptors (Lipinski definition) is 4. The molecular weight excluding hydrogens is 252 g/mol. The van der Waals surface area contributed by atoms with Crippen molar-refractivity contribution < 1.29 is 9.53 Å². The molecule has 4 nitrogen and oxygen atoms in total. The quantitative estimate of drug-likeness (QED) is 0.653. The first-order valence-electron chi connectivity index (χ1n) is 7.27. The molecule has 110 valence electrons. The van der Waals surface area contributed by atoms with Crippen molar-refractivity contribution in [1.29, 1.82) is 0 Å². The molecule has 4 heteroatoms. The van der Waals surface area contributed by atoms with Crippen molar-refractivity contribution in [3.63, 3.8) is 0 Å². The molecule has 1 aliphatic carbocycles. The third-order valence-corrected chi connectivity index (χ3v) is 4.15. The van der Waals surface area contributed by atoms with E-state index in [1.165, 1.54) is 12.8 Å². The number of ether oxygens (including phenoxy) is 1. The Morgan fingerprint density at radius 2 is 2.25 bits per heavy atom. The van der Waals surface area contributed by atoms with Gasteiger partial charge in [-0.2, -0.15) is 0 Å². The Hall–Kier alpha value is -1.71. The molecule has 1 fully saturated rings. The van der Waals surface area contributed by atoms with Crippen LogP contribution in [-0.2, 0) is 4.74 Å². The molecule has 3 N–H and O–H groups in total. The van der Waals surface area contributed by atoms with Gasteiger partial charge in [0, 0.05) is 17.4 Å². The summed E-state index contributed by atoms with van der Waals surface area (Å²) < 4.78 is 5.03. The Balaban J connectivity index is 2.17. The van der Waals surface area contributed by atoms with Crippen LogP contribution in [0.1, 0.15) is 50.4 Å². The number of nitrogens with one attached hydrogen (secondary N) is 1. The Bertz CT molecular complexity index is 497. The molecule has 0 radical (unpaired) electrons. The summed E-state index contributed by atoms with van der Waals surface area (Å²) in [6.07, 6.45) is 3.63. The van der Waals surface area contributed by atoms with Crippen LogP contribution in [0.5, 0.6) is 0 Å². The SMILES string of the molecule is CCOC(=O)c1cc(NC2CCCC2(C)C)ccc1N. The van der Waals surface area contributed by atoms with Crippen molar-refractivity contribution in [3.8, 4) is 0 Å². The van der Waals surface area contributed by atoms with Crippen molar-refractivity contribution in [2.24, 2.45) is 5.41 Å². The fourth-order valence-corrected chi connectivity index (χ4v) is 2.83. The molecule has 0 spiro atoms. The highest BCUT2D eigenvalue weighted by Crippen LogP contribution is 2.39. The van der Waals surface area contributed by atoms with Crippen LogP contribution >= 0.6 is 0 Å². The lowest BCUT2D eigenvalue weighted by Crippen LogP contribution is -2.30. The number of nitrogens with two attached hydrogens (primary N) is 1. The van der Waals surface area contributed by atoms with Crippen molar-refractivity contribution in [2.75, 3.05) is 17.7 Å². The number of hydrogen-bond donors (Lipinski definition) is 2. The van der Waals surface area contributed by atoms with Crippen molar-refractivity contribution in [2.45, 2.75) is 46.1 Å². The second-order valence-electron chi connectivity index (χ2n) is 6.10. The molecule has 1 saturated carbocycles. The molecule has 0 bridgehead atoms. The topological polar surface area (TPSA) is 64.3 Å². The lowest BCUT2D eigenvalue weighted by molar-refractivity contribution is 0.0527. The summed E-state index contributed by atoms with van der Waals surface area (Å²) in [5, 5.41) is 3.53. The minimum atomic E-state index is -0.362. The smallest absolute Gasteiger partial charge is 0.340 e. The van der Waals surface area contributed by atoms with E-state index in [0.29, 0.717) is 23.9 Å². The Morgan fingerprint density at radius 3 is 2.85 bits per heavy atom. The van der Waals surface area contributed by atoms with Gasteiger partial charge in [-0.05, 0) is 43.4 Å². The average Bonchev–Trinajstić information content (AvgIpc) is 2.71. The molecule has 1 aromatic rings. The molecule has 1 aliphatic rings. The monoisotopic (exact) mass is 276 g/mol. The molecule has 1 atom stereocenters. The molecule has 0 saturated heterocycles. The van der Waals surface area contributed by atoms with E-state index in [9.17, 15) is 4.79 Å². The van der Waals surface area contributed by atoms with Crippen LogP contribution in [0.4, 0.5) is 11.4 Å². The number of esters is 1. The van der Waals surface area contributed by atoms with E-state index in [0.717, 1.165) is 12.1 Å². The van der Waals surface area contributed by atoms with Gasteiger partial charge in [0.25, 0.3) is 0 Å². The minimum absolute atomic E-state index is 0.283. The third-order valence-electron chi connectivity index (χ3n) is 4.15. The van der Waals surface area contributed by atoms with Gasteiger partial charge in [0.05, 0.1) is 12.2 Å². The van der Waals surface area contributed by atoms with E-state index >= 15 is 0 Å². The normalized spacial score (nSPS) is 20.6. The lowest BCUT2D eigenvalue weighted by atomic mass is 9.87. The third kappa shape index (κ3) is 3.06. The first-order chi connectivity index (χ1) is 9.44. The molecule has 1 aromatic carbocycles. The van der Waals surface area contributed by atoms with Gasteiger partial charge in [0.1, 0.15) is 0 Å². The Morgan fingerprint density at radius 1 is 1.50 bits per heavy atom. The van der Waals surface area contributed by atoms with Gasteiger partial charge in [-0.25, -0.2) is 4.79 Å². The zero-order valence-corrected chi connectivity index (χ0v) is 12.5. The van der Waals surface area contributed by atoms with Gasteiger partial charge in [-0.15, -0.1) is 0 Å². The van der Waals surface area contributed by atoms with Gasteiger partial charge in [-0.3, -0.25) is 0 Å². The van der Waals surface area contributed by atoms with Crippen molar-refractivity contribution >= 4 is 17.3 Å². The van der Waals surface area contributed by atoms with Crippen LogP contribution in [0, 0.1) is 5.41 Å². The molecule has 20 heavy (non-hydrogen) atoms. The predicted molar refractivity (Wildman–Crippen MR) is 81.9 cm³/mol. The van der Waals surface area contributed by atoms with Crippen LogP contribution in [0.2, 0.25) is 0 Å². The summed E-state index contributed by atoms with van der Waals surface area (Å²) >= 11 is 0. The zero-order valence-electron chi connectivity index (χ0n) is 12.5. The minimum Gasteiger partial charge on any atom is -0.462 e. The molecule has 0 heterocycles. The van der Waals surface area contributed by atoms with Crippen LogP contribution in [0.3, 0.4) is 0 Å². The summed E-state index contributed by atoms with van der Waals surface area (Å²) in [5.74, 6) is -0.362. The first-order valence-corrected chi connectivity index (χ1v) is 7.27. The zero-order chi connectivity index (χ0) is 14.8. The summed E-state index contributed by atoms with van der Waals surface area (Å²) in [4.78, 5) is 11.9. The van der Waals surface area contributed by atoms with Gasteiger partial charge < -0.3 is 15.8 Å². The second-order valence-corrected chi connectivity index (χ2v) is 6.10. The Kier molecular flexibility index (Phi) is 4.21. The van der Waals surface area contributed by atoms with E-state index in [1.54, 1.807) is 19.1 Å². The van der Waals surface area contributed by atoms with Gasteiger partial charge >= 0.3 is 5.97 Å². The van der Waals surface area contributed by atoms with E-state index in [1.807, 2.05) is 6.07 Å². The average molecular weight is 276 g/mol. The molecule has 0 aromatic heterocycles. The van der Waals surface area contributed by atoms with Crippen LogP contribution < -0.4 is 11.1 Å². The van der Waals surface area contributed by atoms with Gasteiger partial charge in [-0.1, -0.05) is 20.3 Å². The standard InChI is InChI=1S/C16H24N2O2/c1-4-20-15(19)12-10-11(7-8-13(12)17)18-14-6-5-9-16(14,2)3/h7-8,10,14,18H,4-6,9,17H2,1-3H3. The molecule has 0 amide bonds. The van der Waals surface area contributed by atoms with Gasteiger partial charge in [0.15, 0.2) is 0 Å². The highest BCUT2D eigenvalue weighted by Gasteiger charge is 2.34. The molecule has 2 rings (SSSR count). The van der Waals surface area contributed by atoms with E-state index in [4.69, 9.17) is 10.5 Å². The maximum Gasteiger partial charge on any atom is 0.340 e. The Labute approximate surface area is 120 Å². The maximum atomic E-state index is 11.9. The molecule has 0 aliphatic heterocycles. The van der Waals surface area contributed by atoms with E-state index in [2.05, 4.69) is 19.2 Å². The summed E-state index contributed by atoms with van der Waals surface area (Å²) in [6.45, 7) is 6.70. The summed E-state index contributed by atoms with van der Waals surface area (Å²) in [7, 11) is 0. The number of carbonyl (C=O) groups excluding carboxylic acids is 1. The van der Waals surface area contributed by atoms with Crippen LogP contribution in [-0.4, -0.2) is 18.6 Å². The highest BCUT2D eigenvalue weighted by molar-refractivity contribution is 5.96. The lowest BCUT2D eigenvalue weighted by Gasteiger charge is -2.29. The fourth-order valence-electron chi connectivity index (χ4n) is 2.83. The van der Waals surface area contributed by atoms with E-state index < -0.39 is 0 Å². The number of carbonyl (C=O) groups is 1. The number of anilines is 2. The molecular formula is C16H24N2O2. The largest absolute Gasteiger partial charge is 0.462 e. The predicted octanol–water partition coefficient (Wildman–Crippen LogP) is 3.44.